The van der Waals surface area contributed by atoms with Crippen molar-refractivity contribution in [1.29, 1.82) is 0 Å². The topological polar surface area (TPSA) is 52.5 Å². The molecule has 0 aromatic heterocycles. The van der Waals surface area contributed by atoms with Crippen LogP contribution in [0.15, 0.2) is 24.3 Å². The van der Waals surface area contributed by atoms with Crippen LogP contribution in [0.3, 0.4) is 0 Å². The van der Waals surface area contributed by atoms with Gasteiger partial charge in [-0.05, 0) is 24.1 Å². The second-order valence-corrected chi connectivity index (χ2v) is 3.67. The van der Waals surface area contributed by atoms with Crippen LogP contribution in [0.4, 0.5) is 5.69 Å². The van der Waals surface area contributed by atoms with Crippen LogP contribution in [-0.2, 0) is 6.42 Å². The van der Waals surface area contributed by atoms with E-state index in [0.717, 1.165) is 11.3 Å². The minimum absolute atomic E-state index is 0.164. The van der Waals surface area contributed by atoms with Crippen molar-refractivity contribution in [3.05, 3.63) is 29.8 Å². The van der Waals surface area contributed by atoms with Crippen molar-refractivity contribution < 1.29 is 10.2 Å². The molecular formula is C11H16ClNO2. The highest BCUT2D eigenvalue weighted by Crippen LogP contribution is 2.09. The van der Waals surface area contributed by atoms with Crippen molar-refractivity contribution in [2.24, 2.45) is 0 Å². The molecule has 15 heavy (non-hydrogen) atoms. The predicted octanol–water partition coefficient (Wildman–Crippen LogP) is 1.23. The van der Waals surface area contributed by atoms with Crippen LogP contribution < -0.4 is 5.32 Å². The predicted molar refractivity (Wildman–Crippen MR) is 62.4 cm³/mol. The fourth-order valence-electron chi connectivity index (χ4n) is 1.21. The first-order valence-electron chi connectivity index (χ1n) is 4.94. The van der Waals surface area contributed by atoms with E-state index < -0.39 is 6.10 Å². The summed E-state index contributed by atoms with van der Waals surface area (Å²) in [4.78, 5) is 0. The maximum absolute atomic E-state index is 9.23. The summed E-state index contributed by atoms with van der Waals surface area (Å²) in [5, 5.41) is 21.0. The molecule has 3 nitrogen and oxygen atoms in total. The van der Waals surface area contributed by atoms with Crippen molar-refractivity contribution in [3.63, 3.8) is 0 Å². The van der Waals surface area contributed by atoms with Crippen molar-refractivity contribution in [3.8, 4) is 0 Å². The number of rotatable bonds is 6. The Morgan fingerprint density at radius 2 is 1.93 bits per heavy atom. The number of hydrogen-bond acceptors (Lipinski definition) is 3. The van der Waals surface area contributed by atoms with Crippen LogP contribution >= 0.6 is 11.6 Å². The third-order valence-corrected chi connectivity index (χ3v) is 2.43. The molecule has 1 aromatic carbocycles. The van der Waals surface area contributed by atoms with E-state index in [2.05, 4.69) is 5.32 Å². The monoisotopic (exact) mass is 229 g/mol. The summed E-state index contributed by atoms with van der Waals surface area (Å²) in [7, 11) is 0. The molecule has 0 aliphatic rings. The first kappa shape index (κ1) is 12.3. The van der Waals surface area contributed by atoms with Gasteiger partial charge in [0.05, 0.1) is 12.0 Å². The number of hydrogen-bond donors (Lipinski definition) is 3. The zero-order valence-corrected chi connectivity index (χ0v) is 9.24. The number of aliphatic hydroxyl groups is 2. The van der Waals surface area contributed by atoms with E-state index in [1.165, 1.54) is 0 Å². The SMILES string of the molecule is OCCc1ccc(NCC(O)CCl)cc1. The summed E-state index contributed by atoms with van der Waals surface area (Å²) in [5.74, 6) is 0.232. The molecule has 4 heteroatoms. The van der Waals surface area contributed by atoms with Gasteiger partial charge in [0.1, 0.15) is 0 Å². The maximum atomic E-state index is 9.23. The highest BCUT2D eigenvalue weighted by molar-refractivity contribution is 6.18. The summed E-state index contributed by atoms with van der Waals surface area (Å²) < 4.78 is 0. The van der Waals surface area contributed by atoms with E-state index in [-0.39, 0.29) is 12.5 Å². The lowest BCUT2D eigenvalue weighted by Gasteiger charge is -2.10. The van der Waals surface area contributed by atoms with E-state index in [1.807, 2.05) is 24.3 Å². The van der Waals surface area contributed by atoms with Gasteiger partial charge in [-0.25, -0.2) is 0 Å². The fourth-order valence-corrected chi connectivity index (χ4v) is 1.32. The average Bonchev–Trinajstić information content (AvgIpc) is 2.28. The van der Waals surface area contributed by atoms with E-state index in [0.29, 0.717) is 13.0 Å². The molecule has 84 valence electrons. The Morgan fingerprint density at radius 1 is 1.27 bits per heavy atom. The lowest BCUT2D eigenvalue weighted by molar-refractivity contribution is 0.211. The van der Waals surface area contributed by atoms with Crippen LogP contribution in [0.25, 0.3) is 0 Å². The molecule has 0 heterocycles. The Hall–Kier alpha value is -0.770. The summed E-state index contributed by atoms with van der Waals surface area (Å²) >= 11 is 5.47. The minimum atomic E-state index is -0.524. The van der Waals surface area contributed by atoms with Gasteiger partial charge in [-0.15, -0.1) is 11.6 Å². The number of alkyl halides is 1. The van der Waals surface area contributed by atoms with E-state index in [1.54, 1.807) is 0 Å². The van der Waals surface area contributed by atoms with Crippen LogP contribution in [0.2, 0.25) is 0 Å². The molecule has 0 radical (unpaired) electrons. The highest BCUT2D eigenvalue weighted by atomic mass is 35.5. The third-order valence-electron chi connectivity index (χ3n) is 2.07. The standard InChI is InChI=1S/C11H16ClNO2/c12-7-11(15)8-13-10-3-1-9(2-4-10)5-6-14/h1-4,11,13-15H,5-8H2. The molecule has 1 unspecified atom stereocenters. The quantitative estimate of drug-likeness (QED) is 0.644. The number of aliphatic hydroxyl groups excluding tert-OH is 2. The smallest absolute Gasteiger partial charge is 0.0847 e. The van der Waals surface area contributed by atoms with Gasteiger partial charge in [0.15, 0.2) is 0 Å². The number of nitrogens with one attached hydrogen (secondary N) is 1. The van der Waals surface area contributed by atoms with Gasteiger partial charge in [-0.1, -0.05) is 12.1 Å². The third kappa shape index (κ3) is 4.51. The van der Waals surface area contributed by atoms with Crippen LogP contribution in [0, 0.1) is 0 Å². The molecule has 0 fully saturated rings. The molecule has 1 rings (SSSR count). The highest BCUT2D eigenvalue weighted by Gasteiger charge is 2.00. The van der Waals surface area contributed by atoms with Gasteiger partial charge in [0.25, 0.3) is 0 Å². The molecule has 1 aromatic rings. The van der Waals surface area contributed by atoms with Gasteiger partial charge < -0.3 is 15.5 Å². The second-order valence-electron chi connectivity index (χ2n) is 3.36. The Bertz CT molecular complexity index is 276. The number of benzene rings is 1. The fraction of sp³-hybridized carbons (Fsp3) is 0.455. The largest absolute Gasteiger partial charge is 0.396 e. The molecular weight excluding hydrogens is 214 g/mol. The van der Waals surface area contributed by atoms with Crippen LogP contribution in [-0.4, -0.2) is 35.3 Å². The zero-order valence-electron chi connectivity index (χ0n) is 8.49. The zero-order chi connectivity index (χ0) is 11.1. The molecule has 0 saturated carbocycles. The Morgan fingerprint density at radius 3 is 2.47 bits per heavy atom. The van der Waals surface area contributed by atoms with Crippen molar-refractivity contribution in [2.45, 2.75) is 12.5 Å². The first-order chi connectivity index (χ1) is 7.26. The lowest BCUT2D eigenvalue weighted by atomic mass is 10.1. The Labute approximate surface area is 94.7 Å². The molecule has 0 bridgehead atoms. The first-order valence-corrected chi connectivity index (χ1v) is 5.47. The van der Waals surface area contributed by atoms with E-state index in [4.69, 9.17) is 16.7 Å². The number of halogens is 1. The Balaban J connectivity index is 2.42. The Kier molecular flexibility index (Phi) is 5.47. The summed E-state index contributed by atoms with van der Waals surface area (Å²) in [6.07, 6.45) is 0.147. The molecule has 0 spiro atoms. The summed E-state index contributed by atoms with van der Waals surface area (Å²) in [5.41, 5.74) is 2.04. The van der Waals surface area contributed by atoms with Gasteiger partial charge in [0.2, 0.25) is 0 Å². The van der Waals surface area contributed by atoms with Crippen LogP contribution in [0.1, 0.15) is 5.56 Å². The normalized spacial score (nSPS) is 12.5. The molecule has 0 saturated heterocycles. The second kappa shape index (κ2) is 6.67. The van der Waals surface area contributed by atoms with Crippen LogP contribution in [0.5, 0.6) is 0 Å². The summed E-state index contributed by atoms with van der Waals surface area (Å²) in [6, 6.07) is 7.75. The summed E-state index contributed by atoms with van der Waals surface area (Å²) in [6.45, 7) is 0.612. The van der Waals surface area contributed by atoms with Gasteiger partial charge in [0, 0.05) is 18.8 Å². The van der Waals surface area contributed by atoms with E-state index in [9.17, 15) is 5.11 Å². The lowest BCUT2D eigenvalue weighted by Crippen LogP contribution is -2.20. The molecule has 0 amide bonds. The van der Waals surface area contributed by atoms with Crippen molar-refractivity contribution >= 4 is 17.3 Å². The molecule has 1 atom stereocenters. The number of anilines is 1. The van der Waals surface area contributed by atoms with Crippen molar-refractivity contribution in [2.75, 3.05) is 24.3 Å². The molecule has 0 aliphatic heterocycles. The maximum Gasteiger partial charge on any atom is 0.0847 e. The van der Waals surface area contributed by atoms with E-state index >= 15 is 0 Å². The molecule has 0 aliphatic carbocycles. The minimum Gasteiger partial charge on any atom is -0.396 e. The van der Waals surface area contributed by atoms with Gasteiger partial charge >= 0.3 is 0 Å². The molecule has 3 N–H and O–H groups in total. The average molecular weight is 230 g/mol. The van der Waals surface area contributed by atoms with Gasteiger partial charge in [-0.2, -0.15) is 0 Å². The van der Waals surface area contributed by atoms with Gasteiger partial charge in [-0.3, -0.25) is 0 Å². The van der Waals surface area contributed by atoms with Crippen molar-refractivity contribution in [1.82, 2.24) is 0 Å².